The summed E-state index contributed by atoms with van der Waals surface area (Å²) in [7, 11) is 1.15. The van der Waals surface area contributed by atoms with Gasteiger partial charge in [0.2, 0.25) is 0 Å². The molecule has 0 amide bonds. The Hall–Kier alpha value is -1.07. The molecule has 0 heterocycles. The van der Waals surface area contributed by atoms with Crippen LogP contribution in [0.15, 0.2) is 17.0 Å². The highest BCUT2D eigenvalue weighted by molar-refractivity contribution is 8.13. The quantitative estimate of drug-likeness (QED) is 0.812. The van der Waals surface area contributed by atoms with E-state index in [-0.39, 0.29) is 10.5 Å². The van der Waals surface area contributed by atoms with Crippen molar-refractivity contribution in [2.24, 2.45) is 0 Å². The summed E-state index contributed by atoms with van der Waals surface area (Å²) in [6.45, 7) is 3.21. The number of benzene rings is 1. The van der Waals surface area contributed by atoms with Crippen molar-refractivity contribution in [3.63, 3.8) is 0 Å². The van der Waals surface area contributed by atoms with Gasteiger partial charge in [0.25, 0.3) is 9.05 Å². The molecule has 0 radical (unpaired) electrons. The number of rotatable bonds is 2. The molecular weight excluding hydrogens is 240 g/mol. The van der Waals surface area contributed by atoms with Gasteiger partial charge in [-0.2, -0.15) is 0 Å². The fourth-order valence-electron chi connectivity index (χ4n) is 1.27. The van der Waals surface area contributed by atoms with Crippen molar-refractivity contribution < 1.29 is 18.3 Å². The molecule has 6 heteroatoms. The Labute approximate surface area is 91.9 Å². The maximum Gasteiger partial charge on any atom is 0.337 e. The molecule has 0 fully saturated rings. The predicted molar refractivity (Wildman–Crippen MR) is 55.9 cm³/mol. The third kappa shape index (κ3) is 2.30. The Bertz CT molecular complexity index is 519. The minimum Gasteiger partial charge on any atom is -0.478 e. The smallest absolute Gasteiger partial charge is 0.337 e. The summed E-state index contributed by atoms with van der Waals surface area (Å²) in [4.78, 5) is 10.5. The molecule has 1 aromatic rings. The van der Waals surface area contributed by atoms with E-state index in [0.29, 0.717) is 11.1 Å². The van der Waals surface area contributed by atoms with Gasteiger partial charge in [-0.05, 0) is 31.0 Å². The largest absolute Gasteiger partial charge is 0.478 e. The fraction of sp³-hybridized carbons (Fsp3) is 0.222. The lowest BCUT2D eigenvalue weighted by atomic mass is 10.1. The van der Waals surface area contributed by atoms with Crippen molar-refractivity contribution in [3.8, 4) is 0 Å². The second-order valence-corrected chi connectivity index (χ2v) is 5.63. The highest BCUT2D eigenvalue weighted by Gasteiger charge is 2.23. The van der Waals surface area contributed by atoms with E-state index in [4.69, 9.17) is 15.8 Å². The summed E-state index contributed by atoms with van der Waals surface area (Å²) < 4.78 is 22.5. The van der Waals surface area contributed by atoms with Crippen molar-refractivity contribution in [2.75, 3.05) is 0 Å². The number of carbonyl (C=O) groups is 1. The van der Waals surface area contributed by atoms with Crippen molar-refractivity contribution in [3.05, 3.63) is 28.8 Å². The van der Waals surface area contributed by atoms with Crippen LogP contribution < -0.4 is 0 Å². The summed E-state index contributed by atoms with van der Waals surface area (Å²) in [5, 5.41) is 8.82. The van der Waals surface area contributed by atoms with Gasteiger partial charge in [0.05, 0.1) is 5.56 Å². The summed E-state index contributed by atoms with van der Waals surface area (Å²) in [5.74, 6) is -1.31. The third-order valence-electron chi connectivity index (χ3n) is 2.15. The second-order valence-electron chi connectivity index (χ2n) is 3.13. The van der Waals surface area contributed by atoms with Crippen LogP contribution in [0.5, 0.6) is 0 Å². The molecular formula is C9H9ClO4S. The van der Waals surface area contributed by atoms with Crippen molar-refractivity contribution in [2.45, 2.75) is 18.7 Å². The van der Waals surface area contributed by atoms with E-state index in [9.17, 15) is 13.2 Å². The number of aryl methyl sites for hydroxylation is 1. The maximum atomic E-state index is 11.2. The zero-order valence-electron chi connectivity index (χ0n) is 8.11. The lowest BCUT2D eigenvalue weighted by Gasteiger charge is -2.08. The molecule has 0 spiro atoms. The van der Waals surface area contributed by atoms with E-state index in [0.717, 1.165) is 0 Å². The number of aromatic carboxylic acids is 1. The van der Waals surface area contributed by atoms with Crippen LogP contribution in [0, 0.1) is 13.8 Å². The zero-order valence-corrected chi connectivity index (χ0v) is 9.69. The van der Waals surface area contributed by atoms with Crippen molar-refractivity contribution >= 4 is 25.7 Å². The Balaban J connectivity index is 3.72. The topological polar surface area (TPSA) is 71.4 Å². The number of halogens is 1. The number of hydrogen-bond acceptors (Lipinski definition) is 3. The van der Waals surface area contributed by atoms with Crippen molar-refractivity contribution in [1.82, 2.24) is 0 Å². The van der Waals surface area contributed by atoms with Crippen LogP contribution >= 0.6 is 10.7 Å². The first kappa shape index (κ1) is 12.0. The van der Waals surface area contributed by atoms with E-state index in [1.54, 1.807) is 13.0 Å². The molecule has 0 unspecified atom stereocenters. The molecule has 15 heavy (non-hydrogen) atoms. The normalized spacial score (nSPS) is 11.4. The highest BCUT2D eigenvalue weighted by Crippen LogP contribution is 2.26. The Kier molecular flexibility index (Phi) is 3.06. The SMILES string of the molecule is Cc1ccc(C(=O)O)c(S(=O)(=O)Cl)c1C. The lowest BCUT2D eigenvalue weighted by molar-refractivity contribution is 0.0692. The van der Waals surface area contributed by atoms with E-state index >= 15 is 0 Å². The van der Waals surface area contributed by atoms with Crippen LogP contribution in [0.1, 0.15) is 21.5 Å². The van der Waals surface area contributed by atoms with E-state index in [1.165, 1.54) is 13.0 Å². The summed E-state index contributed by atoms with van der Waals surface area (Å²) in [6, 6.07) is 2.78. The average Bonchev–Trinajstić information content (AvgIpc) is 2.06. The van der Waals surface area contributed by atoms with Crippen LogP contribution in [-0.4, -0.2) is 19.5 Å². The van der Waals surface area contributed by atoms with E-state index in [1.807, 2.05) is 0 Å². The van der Waals surface area contributed by atoms with Crippen LogP contribution in [0.25, 0.3) is 0 Å². The van der Waals surface area contributed by atoms with Gasteiger partial charge in [-0.1, -0.05) is 6.07 Å². The van der Waals surface area contributed by atoms with Gasteiger partial charge in [0.15, 0.2) is 0 Å². The van der Waals surface area contributed by atoms with Gasteiger partial charge in [0.1, 0.15) is 4.90 Å². The minimum absolute atomic E-state index is 0.298. The second kappa shape index (κ2) is 3.83. The third-order valence-corrected chi connectivity index (χ3v) is 3.63. The molecule has 1 N–H and O–H groups in total. The summed E-state index contributed by atoms with van der Waals surface area (Å²) in [5.41, 5.74) is 0.747. The van der Waals surface area contributed by atoms with Gasteiger partial charge in [-0.25, -0.2) is 13.2 Å². The van der Waals surface area contributed by atoms with Gasteiger partial charge >= 0.3 is 5.97 Å². The first-order valence-electron chi connectivity index (χ1n) is 4.03. The number of hydrogen-bond donors (Lipinski definition) is 1. The summed E-state index contributed by atoms with van der Waals surface area (Å²) in [6.07, 6.45) is 0. The molecule has 0 aliphatic rings. The maximum absolute atomic E-state index is 11.2. The van der Waals surface area contributed by atoms with Gasteiger partial charge in [-0.3, -0.25) is 0 Å². The number of carboxylic acid groups (broad SMARTS) is 1. The number of carboxylic acids is 1. The Morgan fingerprint density at radius 2 is 1.87 bits per heavy atom. The van der Waals surface area contributed by atoms with Crippen LogP contribution in [0.4, 0.5) is 0 Å². The molecule has 0 aromatic heterocycles. The first-order valence-corrected chi connectivity index (χ1v) is 6.34. The van der Waals surface area contributed by atoms with Gasteiger partial charge in [0, 0.05) is 10.7 Å². The average molecular weight is 249 g/mol. The van der Waals surface area contributed by atoms with Crippen molar-refractivity contribution in [1.29, 1.82) is 0 Å². The molecule has 0 atom stereocenters. The fourth-order valence-corrected chi connectivity index (χ4v) is 2.81. The highest BCUT2D eigenvalue weighted by atomic mass is 35.7. The molecule has 0 bridgehead atoms. The molecule has 1 aromatic carbocycles. The first-order chi connectivity index (χ1) is 6.75. The van der Waals surface area contributed by atoms with E-state index < -0.39 is 15.0 Å². The lowest BCUT2D eigenvalue weighted by Crippen LogP contribution is -2.07. The predicted octanol–water partition coefficient (Wildman–Crippen LogP) is 1.93. The summed E-state index contributed by atoms with van der Waals surface area (Å²) >= 11 is 0. The minimum atomic E-state index is -4.04. The molecule has 4 nitrogen and oxygen atoms in total. The van der Waals surface area contributed by atoms with Crippen LogP contribution in [0.2, 0.25) is 0 Å². The monoisotopic (exact) mass is 248 g/mol. The molecule has 0 saturated heterocycles. The molecule has 0 saturated carbocycles. The molecule has 0 aliphatic carbocycles. The molecule has 1 rings (SSSR count). The standard InChI is InChI=1S/C9H9ClO4S/c1-5-3-4-7(9(11)12)8(6(5)2)15(10,13)14/h3-4H,1-2H3,(H,11,12). The molecule has 0 aliphatic heterocycles. The van der Waals surface area contributed by atoms with Crippen LogP contribution in [0.3, 0.4) is 0 Å². The Morgan fingerprint density at radius 3 is 2.27 bits per heavy atom. The van der Waals surface area contributed by atoms with Gasteiger partial charge in [-0.15, -0.1) is 0 Å². The Morgan fingerprint density at radius 1 is 1.33 bits per heavy atom. The van der Waals surface area contributed by atoms with Gasteiger partial charge < -0.3 is 5.11 Å². The zero-order chi connectivity index (χ0) is 11.8. The van der Waals surface area contributed by atoms with E-state index in [2.05, 4.69) is 0 Å². The van der Waals surface area contributed by atoms with Crippen LogP contribution in [-0.2, 0) is 9.05 Å². The molecule has 82 valence electrons.